The number of hydrogen-bond acceptors (Lipinski definition) is 3. The van der Waals surface area contributed by atoms with Gasteiger partial charge in [-0.2, -0.15) is 0 Å². The average Bonchev–Trinajstić information content (AvgIpc) is 3.05. The van der Waals surface area contributed by atoms with Gasteiger partial charge in [0.1, 0.15) is 0 Å². The molecule has 0 saturated heterocycles. The molecule has 3 heteroatoms. The molecule has 5 aromatic carbocycles. The first kappa shape index (κ1) is 23.7. The molecule has 188 valence electrons. The molecule has 2 heterocycles. The van der Waals surface area contributed by atoms with E-state index in [1.54, 1.807) is 6.20 Å². The van der Waals surface area contributed by atoms with Crippen LogP contribution in [0.1, 0.15) is 0 Å². The number of fused-ring (bicyclic) bond motifs is 1. The van der Waals surface area contributed by atoms with Gasteiger partial charge in [-0.1, -0.05) is 115 Å². The lowest BCUT2D eigenvalue weighted by atomic mass is 9.99. The van der Waals surface area contributed by atoms with E-state index < -0.39 is 0 Å². The second kappa shape index (κ2) is 10.4. The fourth-order valence-electron chi connectivity index (χ4n) is 5.05. The van der Waals surface area contributed by atoms with Crippen LogP contribution in [-0.2, 0) is 0 Å². The zero-order valence-electron chi connectivity index (χ0n) is 21.8. The Balaban J connectivity index is 1.30. The third-order valence-corrected chi connectivity index (χ3v) is 7.17. The molecule has 0 unspecified atom stereocenters. The van der Waals surface area contributed by atoms with E-state index >= 15 is 0 Å². The number of benzene rings is 5. The van der Waals surface area contributed by atoms with Gasteiger partial charge in [-0.05, 0) is 51.7 Å². The Morgan fingerprint density at radius 2 is 0.975 bits per heavy atom. The number of rotatable bonds is 5. The van der Waals surface area contributed by atoms with Gasteiger partial charge in [-0.3, -0.25) is 4.98 Å². The normalized spacial score (nSPS) is 11.0. The van der Waals surface area contributed by atoms with Crippen molar-refractivity contribution in [2.24, 2.45) is 0 Å². The monoisotopic (exact) mass is 511 g/mol. The van der Waals surface area contributed by atoms with Crippen molar-refractivity contribution < 1.29 is 0 Å². The third-order valence-electron chi connectivity index (χ3n) is 7.17. The number of pyridine rings is 1. The molecule has 0 saturated carbocycles. The van der Waals surface area contributed by atoms with Crippen molar-refractivity contribution in [3.05, 3.63) is 152 Å². The molecule has 7 aromatic rings. The zero-order chi connectivity index (χ0) is 26.7. The Morgan fingerprint density at radius 1 is 0.350 bits per heavy atom. The van der Waals surface area contributed by atoms with E-state index in [0.717, 1.165) is 39.2 Å². The second-order valence-corrected chi connectivity index (χ2v) is 9.79. The maximum Gasteiger partial charge on any atom is 0.160 e. The summed E-state index contributed by atoms with van der Waals surface area (Å²) in [5.41, 5.74) is 9.40. The Bertz CT molecular complexity index is 1930. The van der Waals surface area contributed by atoms with Crippen LogP contribution in [0.2, 0.25) is 0 Å². The highest BCUT2D eigenvalue weighted by atomic mass is 14.9. The smallest absolute Gasteiger partial charge is 0.160 e. The van der Waals surface area contributed by atoms with E-state index in [-0.39, 0.29) is 0 Å². The van der Waals surface area contributed by atoms with Crippen molar-refractivity contribution in [1.29, 1.82) is 0 Å². The minimum atomic E-state index is 0.707. The standard InChI is InChI=1S/C37H25N3/c1-2-9-29(10-3-1)37-39-35(24-36(40-37)33-13-6-12-31(23-33)34-14-7-21-38-25-34)28-18-15-27(16-19-28)32-20-17-26-8-4-5-11-30(26)22-32/h1-25H. The summed E-state index contributed by atoms with van der Waals surface area (Å²) in [4.78, 5) is 14.3. The van der Waals surface area contributed by atoms with Gasteiger partial charge in [0.05, 0.1) is 11.4 Å². The minimum absolute atomic E-state index is 0.707. The van der Waals surface area contributed by atoms with E-state index in [1.165, 1.54) is 21.9 Å². The van der Waals surface area contributed by atoms with Gasteiger partial charge in [0.15, 0.2) is 5.82 Å². The first-order chi connectivity index (χ1) is 19.8. The van der Waals surface area contributed by atoms with Gasteiger partial charge < -0.3 is 0 Å². The van der Waals surface area contributed by atoms with Crippen LogP contribution < -0.4 is 0 Å². The summed E-state index contributed by atoms with van der Waals surface area (Å²) in [5.74, 6) is 0.707. The number of aromatic nitrogens is 3. The molecule has 0 spiro atoms. The van der Waals surface area contributed by atoms with Gasteiger partial charge in [-0.25, -0.2) is 9.97 Å². The van der Waals surface area contributed by atoms with Crippen LogP contribution in [0.4, 0.5) is 0 Å². The van der Waals surface area contributed by atoms with Crippen molar-refractivity contribution >= 4 is 10.8 Å². The summed E-state index contributed by atoms with van der Waals surface area (Å²) in [6.07, 6.45) is 3.68. The maximum absolute atomic E-state index is 5.00. The molecule has 7 rings (SSSR count). The minimum Gasteiger partial charge on any atom is -0.264 e. The lowest BCUT2D eigenvalue weighted by Gasteiger charge is -2.11. The predicted octanol–water partition coefficient (Wildman–Crippen LogP) is 9.36. The van der Waals surface area contributed by atoms with E-state index in [1.807, 2.05) is 30.5 Å². The Labute approximate surface area is 233 Å². The van der Waals surface area contributed by atoms with Gasteiger partial charge in [0.2, 0.25) is 0 Å². The molecule has 0 radical (unpaired) electrons. The van der Waals surface area contributed by atoms with Crippen LogP contribution in [0.15, 0.2) is 152 Å². The fraction of sp³-hybridized carbons (Fsp3) is 0. The van der Waals surface area contributed by atoms with E-state index in [0.29, 0.717) is 5.82 Å². The first-order valence-electron chi connectivity index (χ1n) is 13.4. The van der Waals surface area contributed by atoms with Crippen LogP contribution in [-0.4, -0.2) is 15.0 Å². The molecule has 3 nitrogen and oxygen atoms in total. The SMILES string of the molecule is c1ccc(-c2nc(-c3ccc(-c4ccc5ccccc5c4)cc3)cc(-c3cccc(-c4cccnc4)c3)n2)cc1. The van der Waals surface area contributed by atoms with Gasteiger partial charge in [-0.15, -0.1) is 0 Å². The Kier molecular flexibility index (Phi) is 6.15. The maximum atomic E-state index is 5.00. The predicted molar refractivity (Wildman–Crippen MR) is 165 cm³/mol. The fourth-order valence-corrected chi connectivity index (χ4v) is 5.05. The molecule has 0 aliphatic heterocycles. The van der Waals surface area contributed by atoms with Crippen molar-refractivity contribution in [2.75, 3.05) is 0 Å². The quantitative estimate of drug-likeness (QED) is 0.231. The van der Waals surface area contributed by atoms with E-state index in [9.17, 15) is 0 Å². The van der Waals surface area contributed by atoms with E-state index in [2.05, 4.69) is 120 Å². The Hall–Kier alpha value is -5.41. The molecule has 0 atom stereocenters. The number of hydrogen-bond donors (Lipinski definition) is 0. The van der Waals surface area contributed by atoms with Crippen molar-refractivity contribution in [3.63, 3.8) is 0 Å². The summed E-state index contributed by atoms with van der Waals surface area (Å²) in [6.45, 7) is 0. The summed E-state index contributed by atoms with van der Waals surface area (Å²) < 4.78 is 0. The summed E-state index contributed by atoms with van der Waals surface area (Å²) >= 11 is 0. The molecule has 0 amide bonds. The molecule has 2 aromatic heterocycles. The number of nitrogens with zero attached hydrogens (tertiary/aromatic N) is 3. The highest BCUT2D eigenvalue weighted by Gasteiger charge is 2.12. The lowest BCUT2D eigenvalue weighted by molar-refractivity contribution is 1.18. The second-order valence-electron chi connectivity index (χ2n) is 9.79. The molecule has 0 aliphatic rings. The summed E-state index contributed by atoms with van der Waals surface area (Å²) in [5, 5.41) is 2.49. The van der Waals surface area contributed by atoms with Crippen LogP contribution in [0, 0.1) is 0 Å². The summed E-state index contributed by atoms with van der Waals surface area (Å²) in [7, 11) is 0. The van der Waals surface area contributed by atoms with E-state index in [4.69, 9.17) is 9.97 Å². The van der Waals surface area contributed by atoms with Crippen LogP contribution in [0.3, 0.4) is 0 Å². The Morgan fingerprint density at radius 3 is 1.77 bits per heavy atom. The first-order valence-corrected chi connectivity index (χ1v) is 13.4. The van der Waals surface area contributed by atoms with Gasteiger partial charge in [0, 0.05) is 34.6 Å². The van der Waals surface area contributed by atoms with Crippen LogP contribution >= 0.6 is 0 Å². The topological polar surface area (TPSA) is 38.7 Å². The van der Waals surface area contributed by atoms with Gasteiger partial charge >= 0.3 is 0 Å². The van der Waals surface area contributed by atoms with Crippen LogP contribution in [0.5, 0.6) is 0 Å². The molecule has 0 aliphatic carbocycles. The molecule has 0 N–H and O–H groups in total. The molecule has 40 heavy (non-hydrogen) atoms. The summed E-state index contributed by atoms with van der Waals surface area (Å²) in [6, 6.07) is 48.4. The highest BCUT2D eigenvalue weighted by molar-refractivity contribution is 5.87. The van der Waals surface area contributed by atoms with Crippen molar-refractivity contribution in [3.8, 4) is 56.2 Å². The van der Waals surface area contributed by atoms with Crippen molar-refractivity contribution in [2.45, 2.75) is 0 Å². The van der Waals surface area contributed by atoms with Crippen LogP contribution in [0.25, 0.3) is 66.9 Å². The molecule has 0 fully saturated rings. The zero-order valence-corrected chi connectivity index (χ0v) is 21.8. The average molecular weight is 512 g/mol. The lowest BCUT2D eigenvalue weighted by Crippen LogP contribution is -1.96. The molecule has 0 bridgehead atoms. The molecular weight excluding hydrogens is 486 g/mol. The van der Waals surface area contributed by atoms with Crippen molar-refractivity contribution in [1.82, 2.24) is 15.0 Å². The largest absolute Gasteiger partial charge is 0.264 e. The third kappa shape index (κ3) is 4.77. The van der Waals surface area contributed by atoms with Gasteiger partial charge in [0.25, 0.3) is 0 Å². The highest BCUT2D eigenvalue weighted by Crippen LogP contribution is 2.31. The molecular formula is C37H25N3.